The number of rotatable bonds is 3. The number of ether oxygens (including phenoxy) is 1. The second-order valence-corrected chi connectivity index (χ2v) is 7.07. The molecule has 0 aliphatic carbocycles. The Balaban J connectivity index is 2.17. The van der Waals surface area contributed by atoms with Gasteiger partial charge < -0.3 is 4.74 Å². The van der Waals surface area contributed by atoms with Crippen LogP contribution in [0.5, 0.6) is 5.75 Å². The summed E-state index contributed by atoms with van der Waals surface area (Å²) in [6.45, 7) is 1.23. The molecule has 0 aromatic heterocycles. The van der Waals surface area contributed by atoms with E-state index in [1.54, 1.807) is 11.4 Å². The first-order valence-electron chi connectivity index (χ1n) is 6.60. The van der Waals surface area contributed by atoms with E-state index in [1.807, 2.05) is 24.3 Å². The summed E-state index contributed by atoms with van der Waals surface area (Å²) < 4.78 is 30.2. The van der Waals surface area contributed by atoms with Gasteiger partial charge in [-0.05, 0) is 36.5 Å². The predicted molar refractivity (Wildman–Crippen MR) is 76.0 cm³/mol. The molecule has 0 amide bonds. The van der Waals surface area contributed by atoms with Crippen molar-refractivity contribution in [3.63, 3.8) is 0 Å². The fourth-order valence-corrected chi connectivity index (χ4v) is 3.47. The maximum Gasteiger partial charge on any atom is 0.211 e. The third kappa shape index (κ3) is 3.70. The van der Waals surface area contributed by atoms with Crippen LogP contribution in [-0.4, -0.2) is 39.2 Å². The van der Waals surface area contributed by atoms with Crippen LogP contribution >= 0.6 is 0 Å². The van der Waals surface area contributed by atoms with Crippen LogP contribution in [-0.2, 0) is 10.0 Å². The zero-order valence-electron chi connectivity index (χ0n) is 11.5. The quantitative estimate of drug-likeness (QED) is 0.854. The molecule has 1 heterocycles. The van der Waals surface area contributed by atoms with Crippen LogP contribution < -0.4 is 4.74 Å². The predicted octanol–water partition coefficient (Wildman–Crippen LogP) is 2.22. The van der Waals surface area contributed by atoms with E-state index in [4.69, 9.17) is 4.74 Å². The summed E-state index contributed by atoms with van der Waals surface area (Å²) in [5.74, 6) is 1.11. The lowest BCUT2D eigenvalue weighted by atomic mass is 9.94. The van der Waals surface area contributed by atoms with E-state index in [2.05, 4.69) is 0 Å². The largest absolute Gasteiger partial charge is 0.497 e. The zero-order chi connectivity index (χ0) is 13.9. The van der Waals surface area contributed by atoms with Crippen LogP contribution in [0.25, 0.3) is 0 Å². The van der Waals surface area contributed by atoms with Crippen molar-refractivity contribution in [2.75, 3.05) is 26.5 Å². The molecule has 0 spiro atoms. The summed E-state index contributed by atoms with van der Waals surface area (Å²) in [6, 6.07) is 7.95. The molecule has 0 saturated carbocycles. The number of sulfonamides is 1. The molecule has 1 aliphatic rings. The molecule has 1 atom stereocenters. The Morgan fingerprint density at radius 3 is 2.47 bits per heavy atom. The smallest absolute Gasteiger partial charge is 0.211 e. The van der Waals surface area contributed by atoms with Crippen molar-refractivity contribution in [1.29, 1.82) is 0 Å². The van der Waals surface area contributed by atoms with Crippen LogP contribution in [0.4, 0.5) is 0 Å². The van der Waals surface area contributed by atoms with Gasteiger partial charge in [0.05, 0.1) is 13.4 Å². The first-order valence-corrected chi connectivity index (χ1v) is 8.44. The summed E-state index contributed by atoms with van der Waals surface area (Å²) in [7, 11) is -1.45. The Kier molecular flexibility index (Phi) is 4.47. The summed E-state index contributed by atoms with van der Waals surface area (Å²) in [5, 5.41) is 0. The van der Waals surface area contributed by atoms with Crippen molar-refractivity contribution in [1.82, 2.24) is 4.31 Å². The van der Waals surface area contributed by atoms with Gasteiger partial charge in [0.15, 0.2) is 0 Å². The molecule has 1 fully saturated rings. The number of methoxy groups -OCH3 is 1. The number of benzene rings is 1. The van der Waals surface area contributed by atoms with E-state index in [-0.39, 0.29) is 5.92 Å². The van der Waals surface area contributed by atoms with Crippen molar-refractivity contribution in [3.8, 4) is 5.75 Å². The number of nitrogens with zero attached hydrogens (tertiary/aromatic N) is 1. The fraction of sp³-hybridized carbons (Fsp3) is 0.571. The molecule has 0 bridgehead atoms. The summed E-state index contributed by atoms with van der Waals surface area (Å²) in [4.78, 5) is 0. The first-order chi connectivity index (χ1) is 9.00. The Bertz CT molecular complexity index is 510. The Labute approximate surface area is 115 Å². The molecular formula is C14H21NO3S. The number of hydrogen-bond donors (Lipinski definition) is 0. The van der Waals surface area contributed by atoms with E-state index in [0.29, 0.717) is 13.1 Å². The van der Waals surface area contributed by atoms with Crippen LogP contribution in [0, 0.1) is 0 Å². The minimum atomic E-state index is -3.09. The molecule has 1 unspecified atom stereocenters. The maximum atomic E-state index is 11.7. The van der Waals surface area contributed by atoms with Crippen LogP contribution in [0.1, 0.15) is 30.7 Å². The fourth-order valence-electron chi connectivity index (χ4n) is 2.56. The van der Waals surface area contributed by atoms with E-state index in [9.17, 15) is 8.42 Å². The van der Waals surface area contributed by atoms with Crippen molar-refractivity contribution in [2.45, 2.75) is 25.2 Å². The first kappa shape index (κ1) is 14.3. The standard InChI is InChI=1S/C14H21NO3S/c1-18-14-8-6-12(7-9-14)13-5-3-4-10-15(11-13)19(2,16)17/h6-9,13H,3-5,10-11H2,1-2H3. The highest BCUT2D eigenvalue weighted by Gasteiger charge is 2.25. The molecule has 1 saturated heterocycles. The molecule has 0 N–H and O–H groups in total. The van der Waals surface area contributed by atoms with Gasteiger partial charge in [-0.15, -0.1) is 0 Å². The third-order valence-electron chi connectivity index (χ3n) is 3.69. The zero-order valence-corrected chi connectivity index (χ0v) is 12.3. The molecule has 19 heavy (non-hydrogen) atoms. The average molecular weight is 283 g/mol. The molecule has 4 nitrogen and oxygen atoms in total. The van der Waals surface area contributed by atoms with Gasteiger partial charge in [-0.2, -0.15) is 0 Å². The van der Waals surface area contributed by atoms with Crippen LogP contribution in [0.15, 0.2) is 24.3 Å². The van der Waals surface area contributed by atoms with Gasteiger partial charge in [0.2, 0.25) is 10.0 Å². The average Bonchev–Trinajstić information content (AvgIpc) is 2.64. The highest BCUT2D eigenvalue weighted by Crippen LogP contribution is 2.28. The van der Waals surface area contributed by atoms with Crippen molar-refractivity contribution < 1.29 is 13.2 Å². The van der Waals surface area contributed by atoms with Gasteiger partial charge >= 0.3 is 0 Å². The van der Waals surface area contributed by atoms with Gasteiger partial charge in [0.25, 0.3) is 0 Å². The lowest BCUT2D eigenvalue weighted by Gasteiger charge is -2.22. The number of hydrogen-bond acceptors (Lipinski definition) is 3. The molecule has 2 rings (SSSR count). The van der Waals surface area contributed by atoms with Gasteiger partial charge in [0.1, 0.15) is 5.75 Å². The minimum Gasteiger partial charge on any atom is -0.497 e. The molecule has 0 radical (unpaired) electrons. The van der Waals surface area contributed by atoms with Crippen molar-refractivity contribution in [3.05, 3.63) is 29.8 Å². The molecule has 106 valence electrons. The van der Waals surface area contributed by atoms with Crippen LogP contribution in [0.3, 0.4) is 0 Å². The topological polar surface area (TPSA) is 46.6 Å². The summed E-state index contributed by atoms with van der Waals surface area (Å²) >= 11 is 0. The highest BCUT2D eigenvalue weighted by atomic mass is 32.2. The third-order valence-corrected chi connectivity index (χ3v) is 4.96. The van der Waals surface area contributed by atoms with E-state index in [0.717, 1.165) is 25.0 Å². The molecular weight excluding hydrogens is 262 g/mol. The van der Waals surface area contributed by atoms with Gasteiger partial charge in [-0.1, -0.05) is 18.6 Å². The van der Waals surface area contributed by atoms with Gasteiger partial charge in [-0.3, -0.25) is 0 Å². The molecule has 1 aromatic rings. The summed E-state index contributed by atoms with van der Waals surface area (Å²) in [6.07, 6.45) is 4.35. The normalized spacial score (nSPS) is 21.9. The second-order valence-electron chi connectivity index (χ2n) is 5.09. The van der Waals surface area contributed by atoms with Gasteiger partial charge in [0, 0.05) is 13.1 Å². The van der Waals surface area contributed by atoms with Gasteiger partial charge in [-0.25, -0.2) is 12.7 Å². The maximum absolute atomic E-state index is 11.7. The van der Waals surface area contributed by atoms with E-state index in [1.165, 1.54) is 11.8 Å². The minimum absolute atomic E-state index is 0.281. The second kappa shape index (κ2) is 5.92. The highest BCUT2D eigenvalue weighted by molar-refractivity contribution is 7.88. The Hall–Kier alpha value is -1.07. The molecule has 1 aromatic carbocycles. The van der Waals surface area contributed by atoms with Crippen molar-refractivity contribution >= 4 is 10.0 Å². The Morgan fingerprint density at radius 2 is 1.89 bits per heavy atom. The molecule has 1 aliphatic heterocycles. The van der Waals surface area contributed by atoms with Crippen LogP contribution in [0.2, 0.25) is 0 Å². The monoisotopic (exact) mass is 283 g/mol. The summed E-state index contributed by atoms with van der Waals surface area (Å²) in [5.41, 5.74) is 1.19. The molecule has 5 heteroatoms. The lowest BCUT2D eigenvalue weighted by molar-refractivity contribution is 0.407. The SMILES string of the molecule is COc1ccc(C2CCCCN(S(C)(=O)=O)C2)cc1. The Morgan fingerprint density at radius 1 is 1.21 bits per heavy atom. The van der Waals surface area contributed by atoms with E-state index < -0.39 is 10.0 Å². The van der Waals surface area contributed by atoms with E-state index >= 15 is 0 Å². The lowest BCUT2D eigenvalue weighted by Crippen LogP contribution is -2.33. The van der Waals surface area contributed by atoms with Crippen molar-refractivity contribution in [2.24, 2.45) is 0 Å².